The third-order valence-electron chi connectivity index (χ3n) is 9.63. The first-order chi connectivity index (χ1) is 23.4. The highest BCUT2D eigenvalue weighted by Gasteiger charge is 2.39. The molecule has 5 aromatic rings. The van der Waals surface area contributed by atoms with E-state index < -0.39 is 23.9 Å². The Morgan fingerprint density at radius 1 is 0.479 bits per heavy atom. The van der Waals surface area contributed by atoms with Crippen molar-refractivity contribution in [3.63, 3.8) is 0 Å². The third kappa shape index (κ3) is 5.21. The second-order valence-electron chi connectivity index (χ2n) is 12.3. The van der Waals surface area contributed by atoms with Gasteiger partial charge in [-0.2, -0.15) is 0 Å². The van der Waals surface area contributed by atoms with Gasteiger partial charge >= 0.3 is 23.9 Å². The molecule has 1 saturated carbocycles. The summed E-state index contributed by atoms with van der Waals surface area (Å²) < 4.78 is 21.5. The molecule has 1 fully saturated rings. The standard InChI is InChI=1S/C40H28O8/c41-36-32-16-14-30(22-34(32)38(43)47-36)45-28-10-6-26(7-11-28)40(20-18-25(19-21-40)24-4-2-1-3-5-24)27-8-12-29(13-9-27)46-31-15-17-33-35(23-31)39(44)48-37(33)42/h1-17,22-23,25H,18-21H2. The number of hydrogen-bond acceptors (Lipinski definition) is 8. The molecular weight excluding hydrogens is 608 g/mol. The molecule has 236 valence electrons. The topological polar surface area (TPSA) is 105 Å². The second-order valence-corrected chi connectivity index (χ2v) is 12.3. The fraction of sp³-hybridized carbons (Fsp3) is 0.150. The monoisotopic (exact) mass is 636 g/mol. The van der Waals surface area contributed by atoms with Crippen molar-refractivity contribution < 1.29 is 38.1 Å². The molecule has 0 unspecified atom stereocenters. The van der Waals surface area contributed by atoms with Crippen molar-refractivity contribution in [1.29, 1.82) is 0 Å². The zero-order valence-corrected chi connectivity index (χ0v) is 25.6. The molecule has 0 aromatic heterocycles. The number of rotatable bonds is 7. The highest BCUT2D eigenvalue weighted by molar-refractivity contribution is 6.15. The smallest absolute Gasteiger partial charge is 0.347 e. The van der Waals surface area contributed by atoms with Crippen LogP contribution >= 0.6 is 0 Å². The van der Waals surface area contributed by atoms with Gasteiger partial charge in [0.25, 0.3) is 0 Å². The molecule has 0 spiro atoms. The van der Waals surface area contributed by atoms with E-state index in [-0.39, 0.29) is 27.7 Å². The highest BCUT2D eigenvalue weighted by Crippen LogP contribution is 2.49. The summed E-state index contributed by atoms with van der Waals surface area (Å²) >= 11 is 0. The predicted octanol–water partition coefficient (Wildman–Crippen LogP) is 8.54. The van der Waals surface area contributed by atoms with E-state index in [2.05, 4.69) is 48.5 Å². The van der Waals surface area contributed by atoms with Gasteiger partial charge in [-0.3, -0.25) is 0 Å². The Hall–Kier alpha value is -6.02. The van der Waals surface area contributed by atoms with Gasteiger partial charge in [0.2, 0.25) is 0 Å². The van der Waals surface area contributed by atoms with Crippen molar-refractivity contribution in [3.05, 3.63) is 154 Å². The molecular formula is C40H28O8. The van der Waals surface area contributed by atoms with Gasteiger partial charge in [-0.05, 0) is 109 Å². The average Bonchev–Trinajstić information content (AvgIpc) is 3.57. The van der Waals surface area contributed by atoms with Crippen LogP contribution in [0.25, 0.3) is 0 Å². The molecule has 48 heavy (non-hydrogen) atoms. The van der Waals surface area contributed by atoms with Crippen molar-refractivity contribution in [2.24, 2.45) is 0 Å². The molecule has 0 N–H and O–H groups in total. The van der Waals surface area contributed by atoms with E-state index in [1.807, 2.05) is 30.3 Å². The van der Waals surface area contributed by atoms with Crippen LogP contribution in [0.3, 0.4) is 0 Å². The molecule has 0 saturated heterocycles. The summed E-state index contributed by atoms with van der Waals surface area (Å²) in [5, 5.41) is 0. The summed E-state index contributed by atoms with van der Waals surface area (Å²) in [4.78, 5) is 47.7. The van der Waals surface area contributed by atoms with E-state index in [0.717, 1.165) is 25.7 Å². The number of esters is 4. The van der Waals surface area contributed by atoms with Crippen molar-refractivity contribution in [3.8, 4) is 23.0 Å². The van der Waals surface area contributed by atoms with Crippen LogP contribution in [0.2, 0.25) is 0 Å². The van der Waals surface area contributed by atoms with Gasteiger partial charge in [-0.1, -0.05) is 54.6 Å². The van der Waals surface area contributed by atoms with E-state index in [1.165, 1.54) is 28.8 Å². The molecule has 8 heteroatoms. The van der Waals surface area contributed by atoms with E-state index in [1.54, 1.807) is 24.3 Å². The number of carbonyl (C=O) groups excluding carboxylic acids is 4. The Morgan fingerprint density at radius 2 is 0.896 bits per heavy atom. The van der Waals surface area contributed by atoms with Gasteiger partial charge in [0.15, 0.2) is 0 Å². The molecule has 0 atom stereocenters. The molecule has 0 radical (unpaired) electrons. The maximum atomic E-state index is 12.0. The zero-order chi connectivity index (χ0) is 32.8. The molecule has 0 bridgehead atoms. The van der Waals surface area contributed by atoms with Gasteiger partial charge in [-0.25, -0.2) is 19.2 Å². The lowest BCUT2D eigenvalue weighted by Gasteiger charge is -2.41. The third-order valence-corrected chi connectivity index (χ3v) is 9.63. The SMILES string of the molecule is O=C1OC(=O)c2cc(Oc3ccc(C4(c5ccc(Oc6ccc7c(c6)C(=O)OC7=O)cc5)CCC(c5ccccc5)CC4)cc3)ccc21. The van der Waals surface area contributed by atoms with Crippen molar-refractivity contribution in [1.82, 2.24) is 0 Å². The predicted molar refractivity (Wildman–Crippen MR) is 174 cm³/mol. The quantitative estimate of drug-likeness (QED) is 0.129. The van der Waals surface area contributed by atoms with Crippen LogP contribution < -0.4 is 9.47 Å². The molecule has 1 aliphatic carbocycles. The normalized spacial score (nSPS) is 16.6. The zero-order valence-electron chi connectivity index (χ0n) is 25.6. The van der Waals surface area contributed by atoms with E-state index in [9.17, 15) is 19.2 Å². The largest absolute Gasteiger partial charge is 0.457 e. The number of carbonyl (C=O) groups is 4. The Balaban J connectivity index is 1.06. The lowest BCUT2D eigenvalue weighted by molar-refractivity contribution is 0.0425. The number of ether oxygens (including phenoxy) is 4. The fourth-order valence-corrected chi connectivity index (χ4v) is 7.13. The summed E-state index contributed by atoms with van der Waals surface area (Å²) in [5.74, 6) is -0.0805. The lowest BCUT2D eigenvalue weighted by Crippen LogP contribution is -2.32. The number of benzene rings is 5. The summed E-state index contributed by atoms with van der Waals surface area (Å²) in [6.07, 6.45) is 3.92. The van der Waals surface area contributed by atoms with Crippen LogP contribution in [0.5, 0.6) is 23.0 Å². The van der Waals surface area contributed by atoms with Crippen molar-refractivity contribution in [2.45, 2.75) is 37.0 Å². The Kier molecular flexibility index (Phi) is 7.13. The summed E-state index contributed by atoms with van der Waals surface area (Å²) in [6.45, 7) is 0. The molecule has 5 aromatic carbocycles. The van der Waals surface area contributed by atoms with Gasteiger partial charge in [0, 0.05) is 5.41 Å². The van der Waals surface area contributed by atoms with E-state index in [4.69, 9.17) is 18.9 Å². The first kappa shape index (κ1) is 29.4. The number of cyclic esters (lactones) is 4. The van der Waals surface area contributed by atoms with Gasteiger partial charge in [-0.15, -0.1) is 0 Å². The van der Waals surface area contributed by atoms with Crippen molar-refractivity contribution in [2.75, 3.05) is 0 Å². The first-order valence-electron chi connectivity index (χ1n) is 15.8. The van der Waals surface area contributed by atoms with Gasteiger partial charge < -0.3 is 18.9 Å². The van der Waals surface area contributed by atoms with Crippen LogP contribution in [-0.2, 0) is 14.9 Å². The second kappa shape index (κ2) is 11.7. The molecule has 8 nitrogen and oxygen atoms in total. The maximum absolute atomic E-state index is 12.0. The molecule has 8 rings (SSSR count). The van der Waals surface area contributed by atoms with Crippen LogP contribution in [0, 0.1) is 0 Å². The Labute approximate surface area is 275 Å². The van der Waals surface area contributed by atoms with Gasteiger partial charge in [0.1, 0.15) is 23.0 Å². The summed E-state index contributed by atoms with van der Waals surface area (Å²) in [6, 6.07) is 36.2. The fourth-order valence-electron chi connectivity index (χ4n) is 7.13. The minimum absolute atomic E-state index is 0.199. The van der Waals surface area contributed by atoms with E-state index >= 15 is 0 Å². The molecule has 0 amide bonds. The molecule has 2 heterocycles. The number of hydrogen-bond donors (Lipinski definition) is 0. The first-order valence-corrected chi connectivity index (χ1v) is 15.8. The van der Waals surface area contributed by atoms with E-state index in [0.29, 0.717) is 28.9 Å². The maximum Gasteiger partial charge on any atom is 0.347 e. The van der Waals surface area contributed by atoms with Crippen LogP contribution in [0.1, 0.15) is 89.7 Å². The highest BCUT2D eigenvalue weighted by atomic mass is 16.6. The Morgan fingerprint density at radius 3 is 1.35 bits per heavy atom. The summed E-state index contributed by atoms with van der Waals surface area (Å²) in [5.41, 5.74) is 4.31. The average molecular weight is 637 g/mol. The lowest BCUT2D eigenvalue weighted by atomic mass is 9.62. The van der Waals surface area contributed by atoms with Crippen molar-refractivity contribution >= 4 is 23.9 Å². The van der Waals surface area contributed by atoms with Gasteiger partial charge in [0.05, 0.1) is 22.3 Å². The Bertz CT molecular complexity index is 1970. The molecule has 2 aliphatic heterocycles. The summed E-state index contributed by atoms with van der Waals surface area (Å²) in [7, 11) is 0. The van der Waals surface area contributed by atoms with Crippen LogP contribution in [-0.4, -0.2) is 23.9 Å². The van der Waals surface area contributed by atoms with Crippen LogP contribution in [0.4, 0.5) is 0 Å². The van der Waals surface area contributed by atoms with Crippen LogP contribution in [0.15, 0.2) is 115 Å². The minimum Gasteiger partial charge on any atom is -0.457 e. The molecule has 3 aliphatic rings. The number of fused-ring (bicyclic) bond motifs is 2. The minimum atomic E-state index is -0.672.